The third kappa shape index (κ3) is 6.60. The van der Waals surface area contributed by atoms with Crippen LogP contribution in [-0.4, -0.2) is 76.5 Å². The van der Waals surface area contributed by atoms with Crippen LogP contribution in [0.15, 0.2) is 72.8 Å². The number of benzene rings is 3. The summed E-state index contributed by atoms with van der Waals surface area (Å²) in [5, 5.41) is 19.3. The number of hydrogen-bond donors (Lipinski definition) is 3. The molecule has 42 heavy (non-hydrogen) atoms. The minimum absolute atomic E-state index is 0.0915. The largest absolute Gasteiger partial charge is 0.445 e. The van der Waals surface area contributed by atoms with E-state index in [2.05, 4.69) is 10.6 Å². The highest BCUT2D eigenvalue weighted by molar-refractivity contribution is 5.93. The summed E-state index contributed by atoms with van der Waals surface area (Å²) in [6.45, 7) is 5.84. The number of amides is 3. The topological polar surface area (TPSA) is 120 Å². The molecule has 3 aromatic rings. The molecule has 222 valence electrons. The number of anilines is 1. The maximum absolute atomic E-state index is 13.4. The molecule has 2 heterocycles. The first-order valence-corrected chi connectivity index (χ1v) is 14.3. The monoisotopic (exact) mass is 574 g/mol. The van der Waals surface area contributed by atoms with Crippen molar-refractivity contribution in [1.82, 2.24) is 15.1 Å². The molecule has 5 rings (SSSR count). The third-order valence-corrected chi connectivity index (χ3v) is 7.71. The van der Waals surface area contributed by atoms with Crippen molar-refractivity contribution in [3.8, 4) is 0 Å². The molecule has 0 saturated carbocycles. The fraction of sp³-hybridized carbons (Fsp3) is 0.406. The van der Waals surface area contributed by atoms with Crippen LogP contribution >= 0.6 is 0 Å². The third-order valence-electron chi connectivity index (χ3n) is 7.71. The highest BCUT2D eigenvalue weighted by Gasteiger charge is 2.54. The fourth-order valence-corrected chi connectivity index (χ4v) is 5.87. The maximum atomic E-state index is 13.4. The number of fused-ring (bicyclic) bond motifs is 2. The molecule has 4 unspecified atom stereocenters. The normalized spacial score (nSPS) is 20.6. The summed E-state index contributed by atoms with van der Waals surface area (Å²) in [6.07, 6.45) is -1.70. The Kier molecular flexibility index (Phi) is 8.54. The lowest BCUT2D eigenvalue weighted by Crippen LogP contribution is -2.49. The van der Waals surface area contributed by atoms with Crippen LogP contribution in [0.5, 0.6) is 0 Å². The first-order chi connectivity index (χ1) is 20.1. The van der Waals surface area contributed by atoms with E-state index in [0.29, 0.717) is 13.0 Å². The molecule has 0 aromatic heterocycles. The van der Waals surface area contributed by atoms with Crippen molar-refractivity contribution in [2.24, 2.45) is 5.92 Å². The van der Waals surface area contributed by atoms with E-state index in [9.17, 15) is 19.5 Å². The number of hydrogen-bond acceptors (Lipinski definition) is 7. The van der Waals surface area contributed by atoms with Crippen molar-refractivity contribution in [3.63, 3.8) is 0 Å². The van der Waals surface area contributed by atoms with Crippen LogP contribution in [0.4, 0.5) is 15.3 Å². The molecular formula is C32H38N4O6. The second kappa shape index (κ2) is 12.3. The van der Waals surface area contributed by atoms with Crippen molar-refractivity contribution >= 4 is 34.6 Å². The SMILES string of the molecule is CC(C)(C)OC(=O)N1CCC2C1C(C(O)Nc1cccc3ccccc13)CN2C(=O)CNC(=O)OCc1ccccc1. The van der Waals surface area contributed by atoms with Gasteiger partial charge in [0, 0.05) is 30.1 Å². The van der Waals surface area contributed by atoms with Crippen molar-refractivity contribution in [1.29, 1.82) is 0 Å². The fourth-order valence-electron chi connectivity index (χ4n) is 5.87. The lowest BCUT2D eigenvalue weighted by Gasteiger charge is -2.33. The van der Waals surface area contributed by atoms with Crippen molar-refractivity contribution in [3.05, 3.63) is 78.4 Å². The first kappa shape index (κ1) is 29.2. The highest BCUT2D eigenvalue weighted by Crippen LogP contribution is 2.39. The van der Waals surface area contributed by atoms with Gasteiger partial charge in [-0.3, -0.25) is 4.79 Å². The predicted molar refractivity (Wildman–Crippen MR) is 159 cm³/mol. The first-order valence-electron chi connectivity index (χ1n) is 14.3. The average molecular weight is 575 g/mol. The van der Waals surface area contributed by atoms with Gasteiger partial charge in [0.15, 0.2) is 0 Å². The lowest BCUT2D eigenvalue weighted by molar-refractivity contribution is -0.131. The minimum Gasteiger partial charge on any atom is -0.445 e. The van der Waals surface area contributed by atoms with E-state index < -0.39 is 36.0 Å². The van der Waals surface area contributed by atoms with E-state index in [1.807, 2.05) is 72.8 Å². The van der Waals surface area contributed by atoms with Crippen LogP contribution in [0.25, 0.3) is 10.8 Å². The quantitative estimate of drug-likeness (QED) is 0.359. The van der Waals surface area contributed by atoms with Gasteiger partial charge in [0.1, 0.15) is 25.0 Å². The molecular weight excluding hydrogens is 536 g/mol. The second-order valence-electron chi connectivity index (χ2n) is 11.8. The maximum Gasteiger partial charge on any atom is 0.410 e. The van der Waals surface area contributed by atoms with Crippen LogP contribution < -0.4 is 10.6 Å². The Labute approximate surface area is 245 Å². The Morgan fingerprint density at radius 2 is 1.69 bits per heavy atom. The number of carbonyl (C=O) groups excluding carboxylic acids is 3. The van der Waals surface area contributed by atoms with Crippen LogP contribution in [0.2, 0.25) is 0 Å². The number of carbonyl (C=O) groups is 3. The number of likely N-dealkylation sites (tertiary alicyclic amines) is 2. The van der Waals surface area contributed by atoms with E-state index >= 15 is 0 Å². The number of nitrogens with zero attached hydrogens (tertiary/aromatic N) is 2. The predicted octanol–water partition coefficient (Wildman–Crippen LogP) is 4.33. The van der Waals surface area contributed by atoms with Gasteiger partial charge in [-0.25, -0.2) is 9.59 Å². The molecule has 4 atom stereocenters. The Bertz CT molecular complexity index is 1420. The number of aliphatic hydroxyl groups excluding tert-OH is 1. The van der Waals surface area contributed by atoms with Crippen LogP contribution in [0.1, 0.15) is 32.8 Å². The van der Waals surface area contributed by atoms with Crippen molar-refractivity contribution in [2.75, 3.05) is 25.0 Å². The van der Waals surface area contributed by atoms with E-state index in [-0.39, 0.29) is 31.6 Å². The van der Waals surface area contributed by atoms with E-state index in [1.54, 1.807) is 30.6 Å². The smallest absolute Gasteiger partial charge is 0.410 e. The van der Waals surface area contributed by atoms with Gasteiger partial charge in [0.25, 0.3) is 0 Å². The number of ether oxygens (including phenoxy) is 2. The van der Waals surface area contributed by atoms with Crippen molar-refractivity contribution < 1.29 is 29.0 Å². The van der Waals surface area contributed by atoms with Gasteiger partial charge in [-0.1, -0.05) is 66.7 Å². The molecule has 0 bridgehead atoms. The molecule has 2 aliphatic heterocycles. The van der Waals surface area contributed by atoms with Gasteiger partial charge in [-0.2, -0.15) is 0 Å². The van der Waals surface area contributed by atoms with Crippen LogP contribution in [0, 0.1) is 5.92 Å². The molecule has 3 aromatic carbocycles. The Balaban J connectivity index is 1.30. The summed E-state index contributed by atoms with van der Waals surface area (Å²) in [4.78, 5) is 42.2. The zero-order valence-electron chi connectivity index (χ0n) is 24.2. The summed E-state index contributed by atoms with van der Waals surface area (Å²) >= 11 is 0. The van der Waals surface area contributed by atoms with Gasteiger partial charge >= 0.3 is 12.2 Å². The zero-order valence-corrected chi connectivity index (χ0v) is 24.2. The highest BCUT2D eigenvalue weighted by atomic mass is 16.6. The summed E-state index contributed by atoms with van der Waals surface area (Å²) < 4.78 is 10.9. The van der Waals surface area contributed by atoms with Gasteiger partial charge < -0.3 is 35.0 Å². The van der Waals surface area contributed by atoms with Crippen molar-refractivity contribution in [2.45, 2.75) is 57.7 Å². The number of aliphatic hydroxyl groups is 1. The van der Waals surface area contributed by atoms with Gasteiger partial charge in [0.05, 0.1) is 12.1 Å². The Hall–Kier alpha value is -4.31. The molecule has 3 N–H and O–H groups in total. The molecule has 0 aliphatic carbocycles. The molecule has 3 amide bonds. The number of nitrogens with one attached hydrogen (secondary N) is 2. The molecule has 0 spiro atoms. The lowest BCUT2D eigenvalue weighted by atomic mass is 9.97. The van der Waals surface area contributed by atoms with Gasteiger partial charge in [-0.15, -0.1) is 0 Å². The van der Waals surface area contributed by atoms with Crippen LogP contribution in [-0.2, 0) is 20.9 Å². The second-order valence-corrected chi connectivity index (χ2v) is 11.8. The summed E-state index contributed by atoms with van der Waals surface area (Å²) in [5.74, 6) is -0.814. The van der Waals surface area contributed by atoms with E-state index in [1.165, 1.54) is 0 Å². The summed E-state index contributed by atoms with van der Waals surface area (Å²) in [7, 11) is 0. The van der Waals surface area contributed by atoms with Gasteiger partial charge in [-0.05, 0) is 44.2 Å². The minimum atomic E-state index is -1.06. The molecule has 2 saturated heterocycles. The molecule has 10 heteroatoms. The number of alkyl carbamates (subject to hydrolysis) is 1. The molecule has 2 aliphatic rings. The Morgan fingerprint density at radius 1 is 0.976 bits per heavy atom. The average Bonchev–Trinajstić information content (AvgIpc) is 3.56. The standard InChI is InChI=1S/C32H38N4O6/c1-32(2,3)42-31(40)35-17-16-26-28(35)24(29(38)34-25-15-9-13-22-12-7-8-14-23(22)25)19-36(26)27(37)18-33-30(39)41-20-21-10-5-4-6-11-21/h4-15,24,26,28-29,34,38H,16-20H2,1-3H3,(H,33,39). The molecule has 10 nitrogen and oxygen atoms in total. The zero-order chi connectivity index (χ0) is 29.9. The molecule has 2 fully saturated rings. The van der Waals surface area contributed by atoms with Gasteiger partial charge in [0.2, 0.25) is 5.91 Å². The van der Waals surface area contributed by atoms with E-state index in [0.717, 1.165) is 22.0 Å². The van der Waals surface area contributed by atoms with E-state index in [4.69, 9.17) is 9.47 Å². The summed E-state index contributed by atoms with van der Waals surface area (Å²) in [6, 6.07) is 22.1. The Morgan fingerprint density at radius 3 is 2.45 bits per heavy atom. The number of rotatable bonds is 7. The summed E-state index contributed by atoms with van der Waals surface area (Å²) in [5.41, 5.74) is 0.902. The molecule has 0 radical (unpaired) electrons. The van der Waals surface area contributed by atoms with Crippen LogP contribution in [0.3, 0.4) is 0 Å².